The van der Waals surface area contributed by atoms with E-state index in [1.54, 1.807) is 12.1 Å². The zero-order valence-corrected chi connectivity index (χ0v) is 9.55. The summed E-state index contributed by atoms with van der Waals surface area (Å²) in [6, 6.07) is 4.37. The lowest BCUT2D eigenvalue weighted by Gasteiger charge is -2.14. The van der Waals surface area contributed by atoms with Crippen LogP contribution in [0.2, 0.25) is 0 Å². The van der Waals surface area contributed by atoms with Gasteiger partial charge in [-0.3, -0.25) is 0 Å². The van der Waals surface area contributed by atoms with Crippen molar-refractivity contribution < 1.29 is 9.13 Å². The van der Waals surface area contributed by atoms with Crippen LogP contribution >= 0.6 is 15.9 Å². The molecule has 14 heavy (non-hydrogen) atoms. The molecule has 0 amide bonds. The van der Waals surface area contributed by atoms with Crippen molar-refractivity contribution in [2.24, 2.45) is 5.73 Å². The molecule has 4 heteroatoms. The number of nitrogens with two attached hydrogens (primary N) is 1. The van der Waals surface area contributed by atoms with Gasteiger partial charge in [0.25, 0.3) is 0 Å². The van der Waals surface area contributed by atoms with Gasteiger partial charge in [0, 0.05) is 16.6 Å². The molecule has 1 unspecified atom stereocenters. The second-order valence-electron chi connectivity index (χ2n) is 2.90. The Balaban J connectivity index is 2.82. The molecule has 0 radical (unpaired) electrons. The lowest BCUT2D eigenvalue weighted by Crippen LogP contribution is -2.19. The van der Waals surface area contributed by atoms with E-state index < -0.39 is 6.04 Å². The van der Waals surface area contributed by atoms with Crippen LogP contribution in [0.5, 0.6) is 0 Å². The first-order valence-electron chi connectivity index (χ1n) is 4.44. The van der Waals surface area contributed by atoms with E-state index in [0.29, 0.717) is 23.2 Å². The summed E-state index contributed by atoms with van der Waals surface area (Å²) in [6.07, 6.45) is 0. The Morgan fingerprint density at radius 3 is 2.86 bits per heavy atom. The third-order valence-electron chi connectivity index (χ3n) is 1.87. The molecule has 2 N–H and O–H groups in total. The van der Waals surface area contributed by atoms with Crippen molar-refractivity contribution in [1.29, 1.82) is 0 Å². The summed E-state index contributed by atoms with van der Waals surface area (Å²) in [5.74, 6) is -0.299. The van der Waals surface area contributed by atoms with Crippen molar-refractivity contribution in [3.8, 4) is 0 Å². The number of rotatable bonds is 4. The normalized spacial score (nSPS) is 12.9. The average molecular weight is 262 g/mol. The first kappa shape index (κ1) is 11.6. The quantitative estimate of drug-likeness (QED) is 0.905. The molecule has 0 aliphatic rings. The molecule has 1 rings (SSSR count). The molecule has 0 saturated heterocycles. The van der Waals surface area contributed by atoms with Crippen molar-refractivity contribution >= 4 is 15.9 Å². The number of hydrogen-bond donors (Lipinski definition) is 1. The van der Waals surface area contributed by atoms with Crippen LogP contribution in [0.4, 0.5) is 4.39 Å². The Bertz CT molecular complexity index is 286. The van der Waals surface area contributed by atoms with Crippen LogP contribution in [0.25, 0.3) is 0 Å². The summed E-state index contributed by atoms with van der Waals surface area (Å²) >= 11 is 3.26. The lowest BCUT2D eigenvalue weighted by molar-refractivity contribution is 0.132. The summed E-state index contributed by atoms with van der Waals surface area (Å²) in [6.45, 7) is 2.79. The van der Waals surface area contributed by atoms with Crippen LogP contribution in [0.3, 0.4) is 0 Å². The Kier molecular flexibility index (Phi) is 4.51. The molecule has 0 fully saturated rings. The van der Waals surface area contributed by atoms with Gasteiger partial charge in [0.05, 0.1) is 12.6 Å². The largest absolute Gasteiger partial charge is 0.380 e. The lowest BCUT2D eigenvalue weighted by atomic mass is 10.1. The third-order valence-corrected chi connectivity index (χ3v) is 2.56. The number of hydrogen-bond acceptors (Lipinski definition) is 2. The molecular formula is C10H13BrFNO. The molecule has 0 saturated carbocycles. The second kappa shape index (κ2) is 5.44. The van der Waals surface area contributed by atoms with E-state index in [-0.39, 0.29) is 5.82 Å². The summed E-state index contributed by atoms with van der Waals surface area (Å²) < 4.78 is 19.2. The minimum absolute atomic E-state index is 0.299. The van der Waals surface area contributed by atoms with Gasteiger partial charge in [0.1, 0.15) is 5.82 Å². The molecule has 0 aliphatic carbocycles. The molecule has 2 nitrogen and oxygen atoms in total. The van der Waals surface area contributed by atoms with Gasteiger partial charge >= 0.3 is 0 Å². The minimum atomic E-state index is -0.425. The fourth-order valence-electron chi connectivity index (χ4n) is 1.19. The predicted octanol–water partition coefficient (Wildman–Crippen LogP) is 2.62. The molecule has 0 bridgehead atoms. The zero-order chi connectivity index (χ0) is 10.6. The topological polar surface area (TPSA) is 35.2 Å². The minimum Gasteiger partial charge on any atom is -0.380 e. The van der Waals surface area contributed by atoms with Gasteiger partial charge in [0.15, 0.2) is 0 Å². The van der Waals surface area contributed by atoms with E-state index in [1.165, 1.54) is 6.07 Å². The van der Waals surface area contributed by atoms with Crippen LogP contribution in [-0.2, 0) is 4.74 Å². The first-order valence-corrected chi connectivity index (χ1v) is 5.23. The van der Waals surface area contributed by atoms with Gasteiger partial charge in [-0.1, -0.05) is 22.0 Å². The molecular weight excluding hydrogens is 249 g/mol. The van der Waals surface area contributed by atoms with Crippen molar-refractivity contribution in [3.63, 3.8) is 0 Å². The fraction of sp³-hybridized carbons (Fsp3) is 0.400. The predicted molar refractivity (Wildman–Crippen MR) is 57.5 cm³/mol. The highest BCUT2D eigenvalue weighted by molar-refractivity contribution is 9.10. The number of halogens is 2. The molecule has 1 atom stereocenters. The van der Waals surface area contributed by atoms with E-state index in [9.17, 15) is 4.39 Å². The monoisotopic (exact) mass is 261 g/mol. The van der Waals surface area contributed by atoms with Gasteiger partial charge in [-0.15, -0.1) is 0 Å². The molecule has 0 heterocycles. The van der Waals surface area contributed by atoms with E-state index in [4.69, 9.17) is 10.5 Å². The Hall–Kier alpha value is -0.450. The van der Waals surface area contributed by atoms with E-state index in [2.05, 4.69) is 15.9 Å². The highest BCUT2D eigenvalue weighted by Crippen LogP contribution is 2.24. The molecule has 78 valence electrons. The standard InChI is InChI=1S/C10H13BrFNO/c1-2-14-6-9(13)10-7(11)4-3-5-8(10)12/h3-5,9H,2,6,13H2,1H3. The summed E-state index contributed by atoms with van der Waals surface area (Å²) in [5.41, 5.74) is 6.26. The van der Waals surface area contributed by atoms with E-state index >= 15 is 0 Å². The SMILES string of the molecule is CCOCC(N)c1c(F)cccc1Br. The highest BCUT2D eigenvalue weighted by Gasteiger charge is 2.14. The van der Waals surface area contributed by atoms with Gasteiger partial charge in [-0.05, 0) is 19.1 Å². The van der Waals surface area contributed by atoms with Crippen LogP contribution in [0.1, 0.15) is 18.5 Å². The van der Waals surface area contributed by atoms with Crippen molar-refractivity contribution in [2.75, 3.05) is 13.2 Å². The molecule has 1 aromatic rings. The smallest absolute Gasteiger partial charge is 0.129 e. The Morgan fingerprint density at radius 1 is 1.57 bits per heavy atom. The van der Waals surface area contributed by atoms with Crippen molar-refractivity contribution in [1.82, 2.24) is 0 Å². The van der Waals surface area contributed by atoms with E-state index in [1.807, 2.05) is 6.92 Å². The second-order valence-corrected chi connectivity index (χ2v) is 3.76. The van der Waals surface area contributed by atoms with Crippen LogP contribution < -0.4 is 5.73 Å². The number of ether oxygens (including phenoxy) is 1. The van der Waals surface area contributed by atoms with Crippen LogP contribution in [-0.4, -0.2) is 13.2 Å². The van der Waals surface area contributed by atoms with E-state index in [0.717, 1.165) is 0 Å². The summed E-state index contributed by atoms with van der Waals surface area (Å²) in [4.78, 5) is 0. The Labute approximate surface area is 91.4 Å². The molecule has 0 aliphatic heterocycles. The van der Waals surface area contributed by atoms with Crippen LogP contribution in [0.15, 0.2) is 22.7 Å². The first-order chi connectivity index (χ1) is 6.66. The molecule has 0 spiro atoms. The van der Waals surface area contributed by atoms with Gasteiger partial charge in [0.2, 0.25) is 0 Å². The summed E-state index contributed by atoms with van der Waals surface area (Å²) in [5, 5.41) is 0. The molecule has 0 aromatic heterocycles. The Morgan fingerprint density at radius 2 is 2.29 bits per heavy atom. The summed E-state index contributed by atoms with van der Waals surface area (Å²) in [7, 11) is 0. The third kappa shape index (κ3) is 2.77. The van der Waals surface area contributed by atoms with Crippen molar-refractivity contribution in [3.05, 3.63) is 34.1 Å². The van der Waals surface area contributed by atoms with Crippen LogP contribution in [0, 0.1) is 5.82 Å². The maximum Gasteiger partial charge on any atom is 0.129 e. The average Bonchev–Trinajstić information content (AvgIpc) is 2.14. The zero-order valence-electron chi connectivity index (χ0n) is 7.97. The molecule has 1 aromatic carbocycles. The van der Waals surface area contributed by atoms with Gasteiger partial charge < -0.3 is 10.5 Å². The van der Waals surface area contributed by atoms with Crippen molar-refractivity contribution in [2.45, 2.75) is 13.0 Å². The number of benzene rings is 1. The van der Waals surface area contributed by atoms with Gasteiger partial charge in [-0.25, -0.2) is 4.39 Å². The fourth-order valence-corrected chi connectivity index (χ4v) is 1.83. The maximum absolute atomic E-state index is 13.4. The highest BCUT2D eigenvalue weighted by atomic mass is 79.9. The van der Waals surface area contributed by atoms with Gasteiger partial charge in [-0.2, -0.15) is 0 Å². The maximum atomic E-state index is 13.4.